The van der Waals surface area contributed by atoms with E-state index in [0.29, 0.717) is 26.4 Å². The molecular formula is C27H37NO4. The maximum Gasteiger partial charge on any atom is 0.125 e. The van der Waals surface area contributed by atoms with Crippen molar-refractivity contribution in [2.24, 2.45) is 5.16 Å². The van der Waals surface area contributed by atoms with E-state index in [9.17, 15) is 0 Å². The molecule has 0 N–H and O–H groups in total. The topological polar surface area (TPSA) is 49.3 Å². The number of aryl methyl sites for hydroxylation is 3. The van der Waals surface area contributed by atoms with Crippen molar-refractivity contribution in [1.82, 2.24) is 0 Å². The molecular weight excluding hydrogens is 402 g/mol. The molecule has 2 rings (SSSR count). The minimum atomic E-state index is 0.582. The molecule has 0 aromatic heterocycles. The van der Waals surface area contributed by atoms with Gasteiger partial charge in [-0.1, -0.05) is 41.6 Å². The summed E-state index contributed by atoms with van der Waals surface area (Å²) in [7, 11) is 1.58. The number of nitrogens with zero attached hydrogens (tertiary/aromatic N) is 1. The highest BCUT2D eigenvalue weighted by atomic mass is 16.6. The van der Waals surface area contributed by atoms with Crippen molar-refractivity contribution in [3.05, 3.63) is 70.8 Å². The van der Waals surface area contributed by atoms with E-state index in [1.54, 1.807) is 7.11 Å². The molecule has 0 spiro atoms. The van der Waals surface area contributed by atoms with Crippen LogP contribution in [-0.4, -0.2) is 32.6 Å². The van der Waals surface area contributed by atoms with Gasteiger partial charge >= 0.3 is 0 Å². The summed E-state index contributed by atoms with van der Waals surface area (Å²) in [5.41, 5.74) is 5.64. The summed E-state index contributed by atoms with van der Waals surface area (Å²) in [5, 5.41) is 3.95. The lowest BCUT2D eigenvalue weighted by Gasteiger charge is -2.14. The van der Waals surface area contributed by atoms with Gasteiger partial charge in [0.25, 0.3) is 0 Å². The molecule has 32 heavy (non-hydrogen) atoms. The van der Waals surface area contributed by atoms with Crippen LogP contribution >= 0.6 is 0 Å². The summed E-state index contributed by atoms with van der Waals surface area (Å²) in [4.78, 5) is 4.80. The summed E-state index contributed by atoms with van der Waals surface area (Å²) in [6.07, 6.45) is 6.67. The fraction of sp³-hybridized carbons (Fsp3) is 0.444. The summed E-state index contributed by atoms with van der Waals surface area (Å²) >= 11 is 0. The second-order valence-corrected chi connectivity index (χ2v) is 7.85. The number of hydrogen-bond acceptors (Lipinski definition) is 5. The lowest BCUT2D eigenvalue weighted by molar-refractivity contribution is 0.107. The molecule has 5 heteroatoms. The Morgan fingerprint density at radius 2 is 1.66 bits per heavy atom. The summed E-state index contributed by atoms with van der Waals surface area (Å²) < 4.78 is 17.6. The van der Waals surface area contributed by atoms with Crippen LogP contribution in [0.1, 0.15) is 48.9 Å². The van der Waals surface area contributed by atoms with Crippen molar-refractivity contribution in [2.45, 2.75) is 53.6 Å². The Balaban J connectivity index is 1.67. The maximum atomic E-state index is 6.01. The first-order chi connectivity index (χ1) is 15.5. The minimum absolute atomic E-state index is 0.582. The average Bonchev–Trinajstić information content (AvgIpc) is 2.77. The van der Waals surface area contributed by atoms with Crippen LogP contribution in [0, 0.1) is 13.8 Å². The van der Waals surface area contributed by atoms with E-state index < -0.39 is 0 Å². The number of rotatable bonds is 14. The second kappa shape index (κ2) is 14.3. The monoisotopic (exact) mass is 439 g/mol. The van der Waals surface area contributed by atoms with Crippen LogP contribution in [0.5, 0.6) is 11.5 Å². The molecule has 0 atom stereocenters. The predicted molar refractivity (Wildman–Crippen MR) is 131 cm³/mol. The van der Waals surface area contributed by atoms with E-state index in [1.165, 1.54) is 11.1 Å². The van der Waals surface area contributed by atoms with Crippen LogP contribution in [-0.2, 0) is 22.6 Å². The predicted octanol–water partition coefficient (Wildman–Crippen LogP) is 6.20. The molecule has 0 aliphatic rings. The molecule has 0 aliphatic carbocycles. The van der Waals surface area contributed by atoms with Gasteiger partial charge in [0, 0.05) is 6.42 Å². The van der Waals surface area contributed by atoms with E-state index in [0.717, 1.165) is 47.6 Å². The van der Waals surface area contributed by atoms with E-state index >= 15 is 0 Å². The third-order valence-electron chi connectivity index (χ3n) is 5.01. The Morgan fingerprint density at radius 3 is 2.31 bits per heavy atom. The molecule has 0 fully saturated rings. The molecule has 0 heterocycles. The second-order valence-electron chi connectivity index (χ2n) is 7.85. The Kier molecular flexibility index (Phi) is 11.4. The zero-order chi connectivity index (χ0) is 23.2. The molecule has 0 unspecified atom stereocenters. The van der Waals surface area contributed by atoms with Gasteiger partial charge in [-0.15, -0.1) is 0 Å². The molecule has 0 bridgehead atoms. The normalized spacial score (nSPS) is 11.7. The van der Waals surface area contributed by atoms with E-state index in [1.807, 2.05) is 38.1 Å². The quantitative estimate of drug-likeness (QED) is 0.152. The lowest BCUT2D eigenvalue weighted by Crippen LogP contribution is -2.05. The zero-order valence-electron chi connectivity index (χ0n) is 20.1. The van der Waals surface area contributed by atoms with Crippen LogP contribution in [0.2, 0.25) is 0 Å². The highest BCUT2D eigenvalue weighted by Crippen LogP contribution is 2.28. The van der Waals surface area contributed by atoms with Crippen LogP contribution in [0.15, 0.2) is 53.7 Å². The average molecular weight is 440 g/mol. The fourth-order valence-corrected chi connectivity index (χ4v) is 3.32. The Morgan fingerprint density at radius 1 is 0.969 bits per heavy atom. The van der Waals surface area contributed by atoms with Crippen molar-refractivity contribution in [3.63, 3.8) is 0 Å². The molecule has 0 amide bonds. The lowest BCUT2D eigenvalue weighted by atomic mass is 10.1. The first-order valence-corrected chi connectivity index (χ1v) is 11.2. The van der Waals surface area contributed by atoms with Crippen LogP contribution in [0.3, 0.4) is 0 Å². The van der Waals surface area contributed by atoms with Crippen molar-refractivity contribution in [2.75, 3.05) is 26.9 Å². The highest BCUT2D eigenvalue weighted by Gasteiger charge is 2.07. The van der Waals surface area contributed by atoms with E-state index in [4.69, 9.17) is 19.0 Å². The van der Waals surface area contributed by atoms with Crippen LogP contribution < -0.4 is 9.47 Å². The van der Waals surface area contributed by atoms with E-state index in [2.05, 4.69) is 43.3 Å². The van der Waals surface area contributed by atoms with E-state index in [-0.39, 0.29) is 0 Å². The van der Waals surface area contributed by atoms with Gasteiger partial charge in [-0.3, -0.25) is 0 Å². The number of ether oxygens (including phenoxy) is 3. The van der Waals surface area contributed by atoms with Crippen LogP contribution in [0.4, 0.5) is 0 Å². The third-order valence-corrected chi connectivity index (χ3v) is 5.01. The zero-order valence-corrected chi connectivity index (χ0v) is 20.1. The van der Waals surface area contributed by atoms with Crippen molar-refractivity contribution in [1.29, 1.82) is 0 Å². The summed E-state index contributed by atoms with van der Waals surface area (Å²) in [6.45, 7) is 10.6. The van der Waals surface area contributed by atoms with Gasteiger partial charge in [0.1, 0.15) is 25.2 Å². The van der Waals surface area contributed by atoms with Crippen molar-refractivity contribution < 1.29 is 19.0 Å². The molecule has 0 saturated heterocycles. The molecule has 2 aromatic carbocycles. The van der Waals surface area contributed by atoms with Gasteiger partial charge in [0.05, 0.1) is 25.5 Å². The molecule has 0 radical (unpaired) electrons. The number of hydrogen-bond donors (Lipinski definition) is 0. The standard InChI is InChI=1S/C27H37NO4/c1-6-7-16-31-26-18-21(2)27(22(3)19-26)32-17-8-15-30-20-25-13-11-24(12-14-25)10-9-23(4)28-29-5/h6-7,11-14,18-19H,8-10,15-17,20H2,1-5H3/b7-6+,28-23+. The minimum Gasteiger partial charge on any atom is -0.493 e. The van der Waals surface area contributed by atoms with Crippen molar-refractivity contribution in [3.8, 4) is 11.5 Å². The maximum absolute atomic E-state index is 6.01. The Hall–Kier alpha value is -2.79. The molecule has 5 nitrogen and oxygen atoms in total. The summed E-state index contributed by atoms with van der Waals surface area (Å²) in [6, 6.07) is 12.6. The number of benzene rings is 2. The first kappa shape index (κ1) is 25.5. The number of oxime groups is 1. The van der Waals surface area contributed by atoms with Gasteiger partial charge in [0.15, 0.2) is 0 Å². The largest absolute Gasteiger partial charge is 0.493 e. The number of allylic oxidation sites excluding steroid dienone is 1. The SMILES string of the molecule is C/C=C/COc1cc(C)c(OCCCOCc2ccc(CC/C(C)=N/OC)cc2)c(C)c1. The molecule has 2 aromatic rings. The van der Waals surface area contributed by atoms with Gasteiger partial charge in [0.2, 0.25) is 0 Å². The molecule has 174 valence electrons. The van der Waals surface area contributed by atoms with Crippen LogP contribution in [0.25, 0.3) is 0 Å². The first-order valence-electron chi connectivity index (χ1n) is 11.2. The molecule has 0 saturated carbocycles. The van der Waals surface area contributed by atoms with Gasteiger partial charge in [-0.25, -0.2) is 0 Å². The highest BCUT2D eigenvalue weighted by molar-refractivity contribution is 5.81. The van der Waals surface area contributed by atoms with Gasteiger partial charge < -0.3 is 19.0 Å². The third kappa shape index (κ3) is 9.15. The van der Waals surface area contributed by atoms with Gasteiger partial charge in [-0.2, -0.15) is 0 Å². The Bertz CT molecular complexity index is 849. The fourth-order valence-electron chi connectivity index (χ4n) is 3.32. The van der Waals surface area contributed by atoms with Crippen molar-refractivity contribution >= 4 is 5.71 Å². The van der Waals surface area contributed by atoms with Gasteiger partial charge in [-0.05, 0) is 74.9 Å². The summed E-state index contributed by atoms with van der Waals surface area (Å²) in [5.74, 6) is 1.81. The smallest absolute Gasteiger partial charge is 0.125 e. The molecule has 0 aliphatic heterocycles. The Labute approximate surface area is 193 Å².